The highest BCUT2D eigenvalue weighted by atomic mass is 16.6. The zero-order chi connectivity index (χ0) is 15.8. The van der Waals surface area contributed by atoms with Crippen molar-refractivity contribution in [3.05, 3.63) is 46.2 Å². The lowest BCUT2D eigenvalue weighted by Gasteiger charge is -2.33. The van der Waals surface area contributed by atoms with E-state index in [0.717, 1.165) is 0 Å². The first-order chi connectivity index (χ1) is 10.1. The molecule has 1 saturated heterocycles. The molecule has 1 aliphatic heterocycles. The van der Waals surface area contributed by atoms with E-state index in [9.17, 15) is 14.9 Å². The maximum Gasteiger partial charge on any atom is 0.328 e. The number of methoxy groups -OCH3 is 1. The largest absolute Gasteiger partial charge is 0.468 e. The van der Waals surface area contributed by atoms with Crippen LogP contribution in [0.2, 0.25) is 0 Å². The molecule has 7 heteroatoms. The van der Waals surface area contributed by atoms with Gasteiger partial charge < -0.3 is 9.47 Å². The maximum absolute atomic E-state index is 12.1. The summed E-state index contributed by atoms with van der Waals surface area (Å²) in [5, 5.41) is 11.2. The van der Waals surface area contributed by atoms with Crippen molar-refractivity contribution in [3.8, 4) is 0 Å². The van der Waals surface area contributed by atoms with Gasteiger partial charge in [0, 0.05) is 13.1 Å². The Bertz CT molecular complexity index is 464. The van der Waals surface area contributed by atoms with Crippen LogP contribution in [0.1, 0.15) is 6.92 Å². The van der Waals surface area contributed by atoms with Gasteiger partial charge in [-0.2, -0.15) is 0 Å². The van der Waals surface area contributed by atoms with E-state index in [0.29, 0.717) is 26.3 Å². The van der Waals surface area contributed by atoms with Crippen LogP contribution in [0.15, 0.2) is 36.1 Å². The summed E-state index contributed by atoms with van der Waals surface area (Å²) in [6, 6.07) is -0.839. The van der Waals surface area contributed by atoms with Crippen LogP contribution in [0.3, 0.4) is 0 Å². The molecule has 0 spiro atoms. The van der Waals surface area contributed by atoms with E-state index in [1.54, 1.807) is 6.92 Å². The molecule has 0 aliphatic carbocycles. The third-order valence-electron chi connectivity index (χ3n) is 3.19. The van der Waals surface area contributed by atoms with Gasteiger partial charge in [0.2, 0.25) is 0 Å². The lowest BCUT2D eigenvalue weighted by atomic mass is 10.0. The number of esters is 1. The molecule has 0 aromatic heterocycles. The summed E-state index contributed by atoms with van der Waals surface area (Å²) in [6.07, 6.45) is 4.28. The Labute approximate surface area is 123 Å². The number of carbonyl (C=O) groups excluding carboxylic acids is 1. The average Bonchev–Trinajstić information content (AvgIpc) is 2.48. The summed E-state index contributed by atoms with van der Waals surface area (Å²) >= 11 is 0. The number of carbonyl (C=O) groups is 1. The number of morpholine rings is 1. The topological polar surface area (TPSA) is 81.9 Å². The van der Waals surface area contributed by atoms with Gasteiger partial charge in [0.25, 0.3) is 5.70 Å². The minimum absolute atomic E-state index is 0.128. The number of allylic oxidation sites excluding steroid dienone is 3. The van der Waals surface area contributed by atoms with Crippen LogP contribution in [0.4, 0.5) is 0 Å². The number of hydrogen-bond donors (Lipinski definition) is 0. The molecule has 0 amide bonds. The Kier molecular flexibility index (Phi) is 6.77. The van der Waals surface area contributed by atoms with Crippen LogP contribution in [0.25, 0.3) is 0 Å². The molecule has 0 aromatic rings. The van der Waals surface area contributed by atoms with Crippen molar-refractivity contribution < 1.29 is 19.2 Å². The van der Waals surface area contributed by atoms with E-state index in [4.69, 9.17) is 9.47 Å². The molecule has 1 atom stereocenters. The molecule has 0 aromatic carbocycles. The lowest BCUT2D eigenvalue weighted by molar-refractivity contribution is -0.421. The van der Waals surface area contributed by atoms with E-state index in [1.165, 1.54) is 25.3 Å². The fourth-order valence-corrected chi connectivity index (χ4v) is 2.24. The van der Waals surface area contributed by atoms with Crippen LogP contribution in [-0.2, 0) is 14.3 Å². The second kappa shape index (κ2) is 8.33. The van der Waals surface area contributed by atoms with Gasteiger partial charge in [0.1, 0.15) is 6.04 Å². The van der Waals surface area contributed by atoms with E-state index >= 15 is 0 Å². The first-order valence-electron chi connectivity index (χ1n) is 6.60. The van der Waals surface area contributed by atoms with Crippen molar-refractivity contribution in [2.75, 3.05) is 33.4 Å². The standard InChI is InChI=1S/C14H20N2O5/c1-4-6-11(12(5-2)16(18)19)13(14(17)20-3)15-7-9-21-10-8-15/h4-6,13H,1,7-10H2,2-3H3/b11-6+,12-5+. The van der Waals surface area contributed by atoms with E-state index in [-0.39, 0.29) is 11.3 Å². The fraction of sp³-hybridized carbons (Fsp3) is 0.500. The van der Waals surface area contributed by atoms with Crippen molar-refractivity contribution in [3.63, 3.8) is 0 Å². The molecule has 0 radical (unpaired) electrons. The van der Waals surface area contributed by atoms with E-state index in [2.05, 4.69) is 6.58 Å². The second-order valence-electron chi connectivity index (χ2n) is 4.36. The Morgan fingerprint density at radius 3 is 2.52 bits per heavy atom. The summed E-state index contributed by atoms with van der Waals surface area (Å²) in [6.45, 7) is 7.07. The molecule has 1 fully saturated rings. The summed E-state index contributed by atoms with van der Waals surface area (Å²) in [5.41, 5.74) is 0.142. The molecule has 1 aliphatic rings. The minimum Gasteiger partial charge on any atom is -0.468 e. The quantitative estimate of drug-likeness (QED) is 0.316. The van der Waals surface area contributed by atoms with Gasteiger partial charge in [-0.3, -0.25) is 15.0 Å². The van der Waals surface area contributed by atoms with Crippen LogP contribution >= 0.6 is 0 Å². The third-order valence-corrected chi connectivity index (χ3v) is 3.19. The smallest absolute Gasteiger partial charge is 0.328 e. The van der Waals surface area contributed by atoms with Gasteiger partial charge in [-0.05, 0) is 13.0 Å². The molecule has 7 nitrogen and oxygen atoms in total. The summed E-state index contributed by atoms with van der Waals surface area (Å²) in [5.74, 6) is -0.536. The highest BCUT2D eigenvalue weighted by Crippen LogP contribution is 2.22. The number of rotatable bonds is 6. The SMILES string of the molecule is C=C/C=C(\C(=C/C)[N+](=O)[O-])C(C(=O)OC)N1CCOCC1. The third kappa shape index (κ3) is 4.24. The average molecular weight is 296 g/mol. The molecule has 21 heavy (non-hydrogen) atoms. The summed E-state index contributed by atoms with van der Waals surface area (Å²) in [4.78, 5) is 24.7. The molecular formula is C14H20N2O5. The molecule has 0 bridgehead atoms. The van der Waals surface area contributed by atoms with Gasteiger partial charge >= 0.3 is 5.97 Å². The van der Waals surface area contributed by atoms with Crippen molar-refractivity contribution in [1.29, 1.82) is 0 Å². The Morgan fingerprint density at radius 1 is 1.48 bits per heavy atom. The first-order valence-corrected chi connectivity index (χ1v) is 6.60. The van der Waals surface area contributed by atoms with Gasteiger partial charge in [0.05, 0.1) is 30.8 Å². The van der Waals surface area contributed by atoms with Crippen molar-refractivity contribution in [2.45, 2.75) is 13.0 Å². The van der Waals surface area contributed by atoms with Crippen molar-refractivity contribution in [2.24, 2.45) is 0 Å². The molecule has 1 unspecified atom stereocenters. The Hall–Kier alpha value is -1.99. The molecule has 1 rings (SSSR count). The maximum atomic E-state index is 12.1. The lowest BCUT2D eigenvalue weighted by Crippen LogP contribution is -2.49. The van der Waals surface area contributed by atoms with Crippen LogP contribution in [-0.4, -0.2) is 55.2 Å². The molecule has 0 N–H and O–H groups in total. The predicted molar refractivity (Wildman–Crippen MR) is 77.2 cm³/mol. The predicted octanol–water partition coefficient (Wildman–Crippen LogP) is 1.15. The molecular weight excluding hydrogens is 276 g/mol. The van der Waals surface area contributed by atoms with Crippen molar-refractivity contribution >= 4 is 5.97 Å². The normalized spacial score (nSPS) is 19.0. The molecule has 0 saturated carbocycles. The Morgan fingerprint density at radius 2 is 2.10 bits per heavy atom. The van der Waals surface area contributed by atoms with Gasteiger partial charge in [-0.25, -0.2) is 4.79 Å². The van der Waals surface area contributed by atoms with Crippen LogP contribution in [0, 0.1) is 10.1 Å². The number of nitrogens with zero attached hydrogens (tertiary/aromatic N) is 2. The molecule has 116 valence electrons. The highest BCUT2D eigenvalue weighted by Gasteiger charge is 2.36. The van der Waals surface area contributed by atoms with Crippen LogP contribution < -0.4 is 0 Å². The Balaban J connectivity index is 3.24. The zero-order valence-corrected chi connectivity index (χ0v) is 12.3. The summed E-state index contributed by atoms with van der Waals surface area (Å²) < 4.78 is 10.1. The minimum atomic E-state index is -0.839. The fourth-order valence-electron chi connectivity index (χ4n) is 2.24. The van der Waals surface area contributed by atoms with E-state index < -0.39 is 16.9 Å². The number of nitro groups is 1. The van der Waals surface area contributed by atoms with Crippen LogP contribution in [0.5, 0.6) is 0 Å². The second-order valence-corrected chi connectivity index (χ2v) is 4.36. The number of ether oxygens (including phenoxy) is 2. The van der Waals surface area contributed by atoms with Gasteiger partial charge in [0.15, 0.2) is 0 Å². The van der Waals surface area contributed by atoms with Gasteiger partial charge in [-0.15, -0.1) is 0 Å². The van der Waals surface area contributed by atoms with E-state index in [1.807, 2.05) is 4.90 Å². The number of hydrogen-bond acceptors (Lipinski definition) is 6. The monoisotopic (exact) mass is 296 g/mol. The highest BCUT2D eigenvalue weighted by molar-refractivity contribution is 5.81. The van der Waals surface area contributed by atoms with Crippen molar-refractivity contribution in [1.82, 2.24) is 4.90 Å². The summed E-state index contributed by atoms with van der Waals surface area (Å²) in [7, 11) is 1.27. The first kappa shape index (κ1) is 17.1. The van der Waals surface area contributed by atoms with Gasteiger partial charge in [-0.1, -0.05) is 18.7 Å². The molecule has 1 heterocycles. The zero-order valence-electron chi connectivity index (χ0n) is 12.3.